The minimum atomic E-state index is 0. The van der Waals surface area contributed by atoms with E-state index in [4.69, 9.17) is 49.5 Å². The summed E-state index contributed by atoms with van der Waals surface area (Å²) < 4.78 is 10.3. The van der Waals surface area contributed by atoms with E-state index in [9.17, 15) is 0 Å². The second-order valence-corrected chi connectivity index (χ2v) is 7.90. The van der Waals surface area contributed by atoms with Gasteiger partial charge in [0.15, 0.2) is 12.0 Å². The molecule has 0 amide bonds. The van der Waals surface area contributed by atoms with Crippen molar-refractivity contribution in [1.82, 2.24) is 20.2 Å². The molecule has 0 saturated carbocycles. The fourth-order valence-electron chi connectivity index (χ4n) is 2.71. The predicted molar refractivity (Wildman–Crippen MR) is 152 cm³/mol. The summed E-state index contributed by atoms with van der Waals surface area (Å²) in [5, 5.41) is 19.0. The molecule has 202 valence electrons. The van der Waals surface area contributed by atoms with Gasteiger partial charge in [0.2, 0.25) is 0 Å². The Morgan fingerprint density at radius 1 is 1.05 bits per heavy atom. The Bertz CT molecular complexity index is 1010. The molecular formula is C23H30Cl4N8O2. The van der Waals surface area contributed by atoms with E-state index in [0.717, 1.165) is 30.1 Å². The highest BCUT2D eigenvalue weighted by Crippen LogP contribution is 2.11. The van der Waals surface area contributed by atoms with Crippen LogP contribution >= 0.6 is 47.2 Å². The van der Waals surface area contributed by atoms with Gasteiger partial charge in [0, 0.05) is 38.1 Å². The molecule has 10 nitrogen and oxygen atoms in total. The third-order valence-electron chi connectivity index (χ3n) is 4.37. The molecule has 1 N–H and O–H groups in total. The highest BCUT2D eigenvalue weighted by atomic mass is 35.5. The zero-order valence-electron chi connectivity index (χ0n) is 19.3. The van der Waals surface area contributed by atoms with Gasteiger partial charge in [-0.3, -0.25) is 10.3 Å². The van der Waals surface area contributed by atoms with Gasteiger partial charge < -0.3 is 14.4 Å². The first kappa shape index (κ1) is 34.5. The number of rotatable bonds is 4. The Morgan fingerprint density at radius 2 is 1.70 bits per heavy atom. The number of amidine groups is 2. The summed E-state index contributed by atoms with van der Waals surface area (Å²) in [5.41, 5.74) is 2.06. The van der Waals surface area contributed by atoms with Gasteiger partial charge in [0.05, 0.1) is 19.8 Å². The van der Waals surface area contributed by atoms with Crippen molar-refractivity contribution in [2.45, 2.75) is 19.9 Å². The monoisotopic (exact) mass is 590 g/mol. The van der Waals surface area contributed by atoms with E-state index in [0.29, 0.717) is 55.0 Å². The van der Waals surface area contributed by atoms with Gasteiger partial charge >= 0.3 is 0 Å². The normalized spacial score (nSPS) is 15.1. The van der Waals surface area contributed by atoms with Gasteiger partial charge in [-0.05, 0) is 23.3 Å². The van der Waals surface area contributed by atoms with Crippen LogP contribution < -0.4 is 5.32 Å². The van der Waals surface area contributed by atoms with Crippen molar-refractivity contribution < 1.29 is 9.47 Å². The van der Waals surface area contributed by atoms with E-state index < -0.39 is 0 Å². The van der Waals surface area contributed by atoms with Crippen LogP contribution in [-0.4, -0.2) is 72.8 Å². The molecule has 2 aliphatic heterocycles. The van der Waals surface area contributed by atoms with Crippen LogP contribution in [0.25, 0.3) is 0 Å². The number of nitriles is 1. The zero-order valence-corrected chi connectivity index (χ0v) is 22.4. The molecule has 4 rings (SSSR count). The number of hydrogen-bond acceptors (Lipinski definition) is 9. The van der Waals surface area contributed by atoms with E-state index >= 15 is 0 Å². The van der Waals surface area contributed by atoms with Crippen LogP contribution in [0.5, 0.6) is 0 Å². The standard InChI is InChI=1S/C11H13ClN4O.C6H5Cl2N.C5H7N3O.CH4.ClH/c1-13-15-11-8-17-5-4-16(11)7-9-2-3-10(12)14-6-9;7-3-5-1-2-6(8)9-4-5;6-4-8-5-3-9-2-1-7-5;;/h2-3,6H,1,4-5,7-8H2;1-2,4H,3H2;1-3H2,(H,7,8);1H4;1H/b15-11+;;;;. The highest BCUT2D eigenvalue weighted by molar-refractivity contribution is 6.29. The number of alkyl halides is 1. The van der Waals surface area contributed by atoms with Crippen LogP contribution in [0.15, 0.2) is 51.9 Å². The van der Waals surface area contributed by atoms with Gasteiger partial charge in [-0.2, -0.15) is 10.4 Å². The maximum atomic E-state index is 8.12. The molecule has 14 heteroatoms. The van der Waals surface area contributed by atoms with Crippen LogP contribution in [0.4, 0.5) is 0 Å². The Kier molecular flexibility index (Phi) is 19.1. The summed E-state index contributed by atoms with van der Waals surface area (Å²) in [6.07, 6.45) is 5.20. The van der Waals surface area contributed by atoms with E-state index in [-0.39, 0.29) is 19.8 Å². The smallest absolute Gasteiger partial charge is 0.182 e. The number of hydrogen-bond donors (Lipinski definition) is 1. The quantitative estimate of drug-likeness (QED) is 0.138. The largest absolute Gasteiger partial charge is 0.372 e. The molecule has 2 aliphatic rings. The predicted octanol–water partition coefficient (Wildman–Crippen LogP) is 4.60. The average molecular weight is 592 g/mol. The fourth-order valence-corrected chi connectivity index (χ4v) is 3.09. The maximum Gasteiger partial charge on any atom is 0.182 e. The number of halogens is 4. The van der Waals surface area contributed by atoms with Crippen LogP contribution in [0.2, 0.25) is 10.3 Å². The molecule has 0 aliphatic carbocycles. The number of nitrogens with one attached hydrogen (secondary N) is 1. The Morgan fingerprint density at radius 3 is 2.22 bits per heavy atom. The molecule has 0 bridgehead atoms. The van der Waals surface area contributed by atoms with Crippen LogP contribution in [0, 0.1) is 11.5 Å². The minimum absolute atomic E-state index is 0. The number of morpholine rings is 1. The lowest BCUT2D eigenvalue weighted by Gasteiger charge is -2.29. The lowest BCUT2D eigenvalue weighted by Crippen LogP contribution is -2.41. The number of pyridine rings is 2. The summed E-state index contributed by atoms with van der Waals surface area (Å²) in [6.45, 7) is 7.79. The average Bonchev–Trinajstić information content (AvgIpc) is 2.89. The maximum absolute atomic E-state index is 8.12. The lowest BCUT2D eigenvalue weighted by molar-refractivity contribution is 0.113. The topological polar surface area (TPSA) is 120 Å². The zero-order chi connectivity index (χ0) is 25.3. The summed E-state index contributed by atoms with van der Waals surface area (Å²) in [6, 6.07) is 7.30. The molecule has 1 saturated heterocycles. The number of aromatic nitrogens is 2. The van der Waals surface area contributed by atoms with Crippen molar-refractivity contribution in [3.8, 4) is 6.19 Å². The van der Waals surface area contributed by atoms with Gasteiger partial charge in [-0.25, -0.2) is 9.97 Å². The third kappa shape index (κ3) is 14.1. The second-order valence-electron chi connectivity index (χ2n) is 6.86. The molecular weight excluding hydrogens is 562 g/mol. The number of nitrogens with zero attached hydrogens (tertiary/aromatic N) is 7. The first-order valence-electron chi connectivity index (χ1n) is 10.4. The molecule has 4 heterocycles. The fraction of sp³-hybridized carbons (Fsp3) is 0.391. The van der Waals surface area contributed by atoms with Crippen molar-refractivity contribution in [3.63, 3.8) is 0 Å². The van der Waals surface area contributed by atoms with Crippen molar-refractivity contribution >= 4 is 65.6 Å². The van der Waals surface area contributed by atoms with Crippen molar-refractivity contribution in [2.75, 3.05) is 39.5 Å². The number of ether oxygens (including phenoxy) is 2. The van der Waals surface area contributed by atoms with Gasteiger partial charge in [0.25, 0.3) is 0 Å². The lowest BCUT2D eigenvalue weighted by atomic mass is 10.2. The van der Waals surface area contributed by atoms with Gasteiger partial charge in [0.1, 0.15) is 29.4 Å². The Hall–Kier alpha value is -2.52. The van der Waals surface area contributed by atoms with E-state index in [1.165, 1.54) is 0 Å². The first-order chi connectivity index (χ1) is 17.0. The Labute approximate surface area is 238 Å². The molecule has 0 atom stereocenters. The molecule has 0 spiro atoms. The third-order valence-corrected chi connectivity index (χ3v) is 5.13. The summed E-state index contributed by atoms with van der Waals surface area (Å²) >= 11 is 16.8. The van der Waals surface area contributed by atoms with E-state index in [1.54, 1.807) is 30.7 Å². The Balaban J connectivity index is 0.000000555. The van der Waals surface area contributed by atoms with Crippen molar-refractivity contribution in [2.24, 2.45) is 15.2 Å². The van der Waals surface area contributed by atoms with Crippen molar-refractivity contribution in [1.29, 1.82) is 5.26 Å². The molecule has 1 fully saturated rings. The van der Waals surface area contributed by atoms with E-state index in [1.807, 2.05) is 12.1 Å². The van der Waals surface area contributed by atoms with Crippen molar-refractivity contribution in [3.05, 3.63) is 58.1 Å². The summed E-state index contributed by atoms with van der Waals surface area (Å²) in [4.78, 5) is 14.0. The van der Waals surface area contributed by atoms with E-state index in [2.05, 4.69) is 42.1 Å². The molecule has 2 aromatic rings. The van der Waals surface area contributed by atoms with Crippen LogP contribution in [0.1, 0.15) is 18.6 Å². The first-order valence-corrected chi connectivity index (χ1v) is 11.7. The molecule has 0 unspecified atom stereocenters. The minimum Gasteiger partial charge on any atom is -0.372 e. The van der Waals surface area contributed by atoms with Crippen LogP contribution in [-0.2, 0) is 21.9 Å². The van der Waals surface area contributed by atoms with Crippen LogP contribution in [0.3, 0.4) is 0 Å². The summed E-state index contributed by atoms with van der Waals surface area (Å²) in [7, 11) is 0. The summed E-state index contributed by atoms with van der Waals surface area (Å²) in [5.74, 6) is 1.91. The molecule has 0 radical (unpaired) electrons. The SMILES string of the molecule is C.C=N/N=C1\COCCN1Cc1ccc(Cl)nc1.Cl.ClCc1ccc(Cl)nc1.N#CNC1=NCCOC1. The highest BCUT2D eigenvalue weighted by Gasteiger charge is 2.17. The van der Waals surface area contributed by atoms with Gasteiger partial charge in [-0.1, -0.05) is 42.8 Å². The second kappa shape index (κ2) is 20.5. The molecule has 2 aromatic heterocycles. The molecule has 0 aromatic carbocycles. The number of aliphatic imine (C=N–C) groups is 1. The molecule has 37 heavy (non-hydrogen) atoms. The van der Waals surface area contributed by atoms with Gasteiger partial charge in [-0.15, -0.1) is 29.1 Å².